The Morgan fingerprint density at radius 3 is 2.12 bits per heavy atom. The Morgan fingerprint density at radius 2 is 1.53 bits per heavy atom. The van der Waals surface area contributed by atoms with Crippen LogP contribution in [-0.2, 0) is 14.2 Å². The van der Waals surface area contributed by atoms with Gasteiger partial charge in [0.25, 0.3) is 5.56 Å². The molecule has 0 bridgehead atoms. The molecule has 1 saturated heterocycles. The first kappa shape index (κ1) is 23.2. The first-order valence-electron chi connectivity index (χ1n) is 10.8. The fourth-order valence-corrected chi connectivity index (χ4v) is 3.63. The van der Waals surface area contributed by atoms with E-state index in [1.54, 1.807) is 48.5 Å². The van der Waals surface area contributed by atoms with Crippen LogP contribution in [0.15, 0.2) is 70.4 Å². The van der Waals surface area contributed by atoms with Crippen molar-refractivity contribution < 1.29 is 23.8 Å². The molecule has 2 aromatic carbocycles. The second-order valence-corrected chi connectivity index (χ2v) is 8.16. The van der Waals surface area contributed by atoms with Gasteiger partial charge in [0, 0.05) is 18.7 Å². The van der Waals surface area contributed by atoms with Gasteiger partial charge in [-0.3, -0.25) is 14.3 Å². The van der Waals surface area contributed by atoms with Crippen molar-refractivity contribution in [3.63, 3.8) is 0 Å². The topological polar surface area (TPSA) is 117 Å². The Kier molecular flexibility index (Phi) is 6.74. The van der Waals surface area contributed by atoms with E-state index < -0.39 is 41.6 Å². The number of benzene rings is 2. The second kappa shape index (κ2) is 9.88. The average molecular weight is 464 g/mol. The van der Waals surface area contributed by atoms with E-state index in [0.29, 0.717) is 11.1 Å². The number of carbonyl (C=O) groups is 2. The fourth-order valence-electron chi connectivity index (χ4n) is 3.63. The number of rotatable bonds is 6. The van der Waals surface area contributed by atoms with Crippen LogP contribution in [0.2, 0.25) is 0 Å². The quantitative estimate of drug-likeness (QED) is 0.557. The molecule has 0 saturated carbocycles. The summed E-state index contributed by atoms with van der Waals surface area (Å²) in [7, 11) is 0. The van der Waals surface area contributed by atoms with Crippen molar-refractivity contribution in [1.29, 1.82) is 0 Å². The van der Waals surface area contributed by atoms with Crippen LogP contribution in [0.4, 0.5) is 0 Å². The van der Waals surface area contributed by atoms with Crippen LogP contribution in [0.3, 0.4) is 0 Å². The smallest absolute Gasteiger partial charge is 0.338 e. The molecule has 3 aromatic rings. The number of hydrogen-bond donors (Lipinski definition) is 1. The van der Waals surface area contributed by atoms with E-state index in [0.717, 1.165) is 11.1 Å². The number of nitrogens with zero attached hydrogens (tertiary/aromatic N) is 1. The summed E-state index contributed by atoms with van der Waals surface area (Å²) in [6.45, 7) is 3.63. The van der Waals surface area contributed by atoms with Crippen LogP contribution in [0.25, 0.3) is 0 Å². The minimum absolute atomic E-state index is 0.135. The number of hydrogen-bond acceptors (Lipinski definition) is 7. The minimum Gasteiger partial charge on any atom is -0.459 e. The molecule has 4 rings (SSSR count). The minimum atomic E-state index is -0.816. The summed E-state index contributed by atoms with van der Waals surface area (Å²) in [5.41, 5.74) is 1.56. The molecule has 9 nitrogen and oxygen atoms in total. The van der Waals surface area contributed by atoms with Gasteiger partial charge in [-0.25, -0.2) is 14.4 Å². The summed E-state index contributed by atoms with van der Waals surface area (Å²) < 4.78 is 18.2. The molecule has 1 aliphatic rings. The van der Waals surface area contributed by atoms with Crippen LogP contribution in [0.5, 0.6) is 0 Å². The van der Waals surface area contributed by atoms with Gasteiger partial charge >= 0.3 is 17.6 Å². The van der Waals surface area contributed by atoms with E-state index in [2.05, 4.69) is 4.98 Å². The van der Waals surface area contributed by atoms with Gasteiger partial charge in [0.05, 0.1) is 11.1 Å². The van der Waals surface area contributed by atoms with E-state index >= 15 is 0 Å². The SMILES string of the molecule is Cc1ccc(C(=O)OC[C@H]2O[C@@H](n3ccc(=O)[nH]c3=O)CC2OC(=O)c2ccc(C)cc2)cc1. The maximum Gasteiger partial charge on any atom is 0.338 e. The summed E-state index contributed by atoms with van der Waals surface area (Å²) in [5.74, 6) is -1.10. The highest BCUT2D eigenvalue weighted by molar-refractivity contribution is 5.90. The highest BCUT2D eigenvalue weighted by Gasteiger charge is 2.40. The van der Waals surface area contributed by atoms with E-state index in [9.17, 15) is 19.2 Å². The molecule has 0 amide bonds. The predicted molar refractivity (Wildman–Crippen MR) is 122 cm³/mol. The fraction of sp³-hybridized carbons (Fsp3) is 0.280. The lowest BCUT2D eigenvalue weighted by Crippen LogP contribution is -2.32. The third-order valence-electron chi connectivity index (χ3n) is 5.55. The van der Waals surface area contributed by atoms with Crippen LogP contribution < -0.4 is 11.2 Å². The van der Waals surface area contributed by atoms with Crippen molar-refractivity contribution in [2.24, 2.45) is 0 Å². The Labute approximate surface area is 194 Å². The van der Waals surface area contributed by atoms with Crippen molar-refractivity contribution >= 4 is 11.9 Å². The van der Waals surface area contributed by atoms with Gasteiger partial charge in [0.2, 0.25) is 0 Å². The molecule has 1 fully saturated rings. The molecular weight excluding hydrogens is 440 g/mol. The summed E-state index contributed by atoms with van der Waals surface area (Å²) in [5, 5.41) is 0. The molecule has 0 spiro atoms. The third-order valence-corrected chi connectivity index (χ3v) is 5.55. The van der Waals surface area contributed by atoms with Crippen LogP contribution in [0, 0.1) is 13.8 Å². The van der Waals surface area contributed by atoms with Crippen LogP contribution >= 0.6 is 0 Å². The summed E-state index contributed by atoms with van der Waals surface area (Å²) in [6, 6.07) is 15.0. The zero-order valence-electron chi connectivity index (χ0n) is 18.7. The van der Waals surface area contributed by atoms with Crippen LogP contribution in [0.1, 0.15) is 44.5 Å². The number of ether oxygens (including phenoxy) is 3. The molecule has 2 heterocycles. The summed E-state index contributed by atoms with van der Waals surface area (Å²) in [4.78, 5) is 51.0. The van der Waals surface area contributed by atoms with Crippen LogP contribution in [-0.4, -0.2) is 40.3 Å². The molecule has 1 N–H and O–H groups in total. The number of aryl methyl sites for hydroxylation is 2. The zero-order chi connectivity index (χ0) is 24.2. The van der Waals surface area contributed by atoms with Crippen molar-refractivity contribution in [2.45, 2.75) is 38.7 Å². The number of aromatic nitrogens is 2. The molecular formula is C25H24N2O7. The summed E-state index contributed by atoms with van der Waals surface area (Å²) >= 11 is 0. The molecule has 0 radical (unpaired) electrons. The lowest BCUT2D eigenvalue weighted by Gasteiger charge is -2.19. The molecule has 34 heavy (non-hydrogen) atoms. The van der Waals surface area contributed by atoms with E-state index in [1.807, 2.05) is 13.8 Å². The second-order valence-electron chi connectivity index (χ2n) is 8.16. The standard InChI is InChI=1S/C25H24N2O7/c1-15-3-7-17(8-4-15)23(29)32-14-20-19(34-24(30)18-9-5-16(2)6-10-18)13-22(33-20)27-12-11-21(28)26-25(27)31/h3-12,19-20,22H,13-14H2,1-2H3,(H,26,28,31)/t19?,20-,22-/m1/s1. The molecule has 1 aliphatic heterocycles. The molecule has 176 valence electrons. The largest absolute Gasteiger partial charge is 0.459 e. The molecule has 1 aromatic heterocycles. The normalized spacial score (nSPS) is 19.5. The van der Waals surface area contributed by atoms with E-state index in [1.165, 1.54) is 16.8 Å². The van der Waals surface area contributed by atoms with Gasteiger partial charge in [-0.05, 0) is 38.1 Å². The van der Waals surface area contributed by atoms with Gasteiger partial charge in [0.15, 0.2) is 0 Å². The Balaban J connectivity index is 1.51. The number of nitrogens with one attached hydrogen (secondary N) is 1. The third kappa shape index (κ3) is 5.32. The van der Waals surface area contributed by atoms with Gasteiger partial charge < -0.3 is 14.2 Å². The molecule has 3 atom stereocenters. The van der Waals surface area contributed by atoms with Crippen molar-refractivity contribution in [3.05, 3.63) is 104 Å². The van der Waals surface area contributed by atoms with Gasteiger partial charge in [0.1, 0.15) is 25.0 Å². The lowest BCUT2D eigenvalue weighted by molar-refractivity contribution is -0.0582. The molecule has 0 aliphatic carbocycles. The van der Waals surface area contributed by atoms with E-state index in [-0.39, 0.29) is 13.0 Å². The van der Waals surface area contributed by atoms with Crippen molar-refractivity contribution in [3.8, 4) is 0 Å². The molecule has 1 unspecified atom stereocenters. The first-order valence-corrected chi connectivity index (χ1v) is 10.8. The Bertz CT molecular complexity index is 1290. The average Bonchev–Trinajstić information content (AvgIpc) is 3.20. The van der Waals surface area contributed by atoms with Crippen molar-refractivity contribution in [2.75, 3.05) is 6.61 Å². The molecule has 9 heteroatoms. The van der Waals surface area contributed by atoms with E-state index in [4.69, 9.17) is 14.2 Å². The number of aromatic amines is 1. The lowest BCUT2D eigenvalue weighted by atomic mass is 10.1. The zero-order valence-corrected chi connectivity index (χ0v) is 18.7. The predicted octanol–water partition coefficient (Wildman–Crippen LogP) is 2.52. The van der Waals surface area contributed by atoms with Gasteiger partial charge in [-0.2, -0.15) is 0 Å². The number of carbonyl (C=O) groups excluding carboxylic acids is 2. The summed E-state index contributed by atoms with van der Waals surface area (Å²) in [6.07, 6.45) is -0.971. The maximum absolute atomic E-state index is 12.7. The maximum atomic E-state index is 12.7. The number of H-pyrrole nitrogens is 1. The highest BCUT2D eigenvalue weighted by Crippen LogP contribution is 2.31. The Hall–Kier alpha value is -3.98. The van der Waals surface area contributed by atoms with Gasteiger partial charge in [-0.15, -0.1) is 0 Å². The number of esters is 2. The Morgan fingerprint density at radius 1 is 0.941 bits per heavy atom. The highest BCUT2D eigenvalue weighted by atomic mass is 16.6. The van der Waals surface area contributed by atoms with Crippen molar-refractivity contribution in [1.82, 2.24) is 9.55 Å². The van der Waals surface area contributed by atoms with Gasteiger partial charge in [-0.1, -0.05) is 35.4 Å². The monoisotopic (exact) mass is 464 g/mol. The first-order chi connectivity index (χ1) is 16.3.